The number of aromatic amines is 1. The second-order valence-corrected chi connectivity index (χ2v) is 7.89. The molecule has 0 aliphatic rings. The second kappa shape index (κ2) is 7.95. The summed E-state index contributed by atoms with van der Waals surface area (Å²) in [5.41, 5.74) is 1.29. The van der Waals surface area contributed by atoms with E-state index in [1.54, 1.807) is 40.1 Å². The molecule has 0 unspecified atom stereocenters. The van der Waals surface area contributed by atoms with Crippen LogP contribution in [-0.4, -0.2) is 47.0 Å². The topological polar surface area (TPSA) is 127 Å². The predicted octanol–water partition coefficient (Wildman–Crippen LogP) is 4.22. The molecule has 0 fully saturated rings. The van der Waals surface area contributed by atoms with Gasteiger partial charge < -0.3 is 19.2 Å². The standard InChI is InChI=1S/C18H21N5O5S/c1-18(2,3)28-17(25)22-14-19-8-10(20-14)9-6-7-11(26-4)12-13(9)29-15(21-12)23-16(24)27-5/h6-8H,1-5H3,(H,21,23,24)(H2,19,20,22,25). The SMILES string of the molecule is COC(=O)Nc1nc2c(OC)ccc(-c3c[nH]c(NC(=O)OC(C)(C)C)n3)c2s1. The van der Waals surface area contributed by atoms with Crippen molar-refractivity contribution in [2.75, 3.05) is 24.9 Å². The van der Waals surface area contributed by atoms with E-state index < -0.39 is 17.8 Å². The van der Waals surface area contributed by atoms with Crippen LogP contribution in [0, 0.1) is 0 Å². The monoisotopic (exact) mass is 419 g/mol. The highest BCUT2D eigenvalue weighted by Crippen LogP contribution is 2.39. The maximum absolute atomic E-state index is 11.9. The van der Waals surface area contributed by atoms with Gasteiger partial charge in [-0.1, -0.05) is 11.3 Å². The molecule has 0 spiro atoms. The van der Waals surface area contributed by atoms with E-state index >= 15 is 0 Å². The number of benzene rings is 1. The average molecular weight is 419 g/mol. The van der Waals surface area contributed by atoms with Gasteiger partial charge in [-0.3, -0.25) is 10.6 Å². The van der Waals surface area contributed by atoms with Gasteiger partial charge in [0.15, 0.2) is 5.13 Å². The van der Waals surface area contributed by atoms with E-state index in [1.807, 2.05) is 6.07 Å². The molecule has 0 atom stereocenters. The number of hydrogen-bond donors (Lipinski definition) is 3. The van der Waals surface area contributed by atoms with Crippen molar-refractivity contribution in [3.63, 3.8) is 0 Å². The molecule has 0 saturated heterocycles. The Bertz CT molecular complexity index is 1050. The zero-order valence-electron chi connectivity index (χ0n) is 16.6. The van der Waals surface area contributed by atoms with Gasteiger partial charge in [0.2, 0.25) is 5.95 Å². The molecule has 0 aliphatic heterocycles. The summed E-state index contributed by atoms with van der Waals surface area (Å²) in [6, 6.07) is 3.59. The summed E-state index contributed by atoms with van der Waals surface area (Å²) in [7, 11) is 2.82. The fourth-order valence-electron chi connectivity index (χ4n) is 2.47. The van der Waals surface area contributed by atoms with Gasteiger partial charge >= 0.3 is 12.2 Å². The molecule has 3 aromatic rings. The van der Waals surface area contributed by atoms with Crippen molar-refractivity contribution in [1.29, 1.82) is 0 Å². The Labute approximate surface area is 170 Å². The number of anilines is 2. The highest BCUT2D eigenvalue weighted by molar-refractivity contribution is 7.23. The normalized spacial score (nSPS) is 11.2. The summed E-state index contributed by atoms with van der Waals surface area (Å²) in [5, 5.41) is 5.47. The van der Waals surface area contributed by atoms with Crippen LogP contribution in [0.1, 0.15) is 20.8 Å². The van der Waals surface area contributed by atoms with Crippen molar-refractivity contribution >= 4 is 44.8 Å². The Morgan fingerprint density at radius 3 is 2.52 bits per heavy atom. The summed E-state index contributed by atoms with van der Waals surface area (Å²) >= 11 is 1.25. The van der Waals surface area contributed by atoms with Crippen molar-refractivity contribution in [1.82, 2.24) is 15.0 Å². The van der Waals surface area contributed by atoms with Crippen molar-refractivity contribution < 1.29 is 23.8 Å². The van der Waals surface area contributed by atoms with Crippen LogP contribution in [0.5, 0.6) is 5.75 Å². The highest BCUT2D eigenvalue weighted by Gasteiger charge is 2.19. The van der Waals surface area contributed by atoms with Crippen molar-refractivity contribution in [3.8, 4) is 17.0 Å². The molecule has 10 nitrogen and oxygen atoms in total. The van der Waals surface area contributed by atoms with Crippen LogP contribution in [0.15, 0.2) is 18.3 Å². The molecule has 3 N–H and O–H groups in total. The molecule has 1 aromatic carbocycles. The Morgan fingerprint density at radius 1 is 1.10 bits per heavy atom. The number of nitrogens with zero attached hydrogens (tertiary/aromatic N) is 2. The minimum Gasteiger partial charge on any atom is -0.494 e. The van der Waals surface area contributed by atoms with Crippen LogP contribution in [-0.2, 0) is 9.47 Å². The Balaban J connectivity index is 1.92. The molecule has 2 amide bonds. The van der Waals surface area contributed by atoms with Crippen molar-refractivity contribution in [3.05, 3.63) is 18.3 Å². The molecule has 3 rings (SSSR count). The number of imidazole rings is 1. The van der Waals surface area contributed by atoms with E-state index in [-0.39, 0.29) is 5.95 Å². The minimum absolute atomic E-state index is 0.246. The lowest BCUT2D eigenvalue weighted by Gasteiger charge is -2.18. The molecule has 29 heavy (non-hydrogen) atoms. The molecular formula is C18H21N5O5S. The molecule has 2 heterocycles. The third-order valence-corrected chi connectivity index (χ3v) is 4.60. The van der Waals surface area contributed by atoms with E-state index in [2.05, 4.69) is 30.3 Å². The lowest BCUT2D eigenvalue weighted by atomic mass is 10.1. The number of amides is 2. The number of ether oxygens (including phenoxy) is 3. The summed E-state index contributed by atoms with van der Waals surface area (Å²) in [5.74, 6) is 0.802. The number of hydrogen-bond acceptors (Lipinski definition) is 8. The Morgan fingerprint density at radius 2 is 1.86 bits per heavy atom. The molecule has 2 aromatic heterocycles. The van der Waals surface area contributed by atoms with Crippen LogP contribution in [0.25, 0.3) is 21.5 Å². The zero-order valence-corrected chi connectivity index (χ0v) is 17.4. The predicted molar refractivity (Wildman–Crippen MR) is 110 cm³/mol. The van der Waals surface area contributed by atoms with Crippen molar-refractivity contribution in [2.24, 2.45) is 0 Å². The number of H-pyrrole nitrogens is 1. The largest absolute Gasteiger partial charge is 0.494 e. The Kier molecular flexibility index (Phi) is 5.59. The van der Waals surface area contributed by atoms with Gasteiger partial charge in [0.05, 0.1) is 24.6 Å². The number of aromatic nitrogens is 3. The zero-order chi connectivity index (χ0) is 21.2. The Hall–Kier alpha value is -3.34. The molecule has 0 saturated carbocycles. The number of fused-ring (bicyclic) bond motifs is 1. The number of carbonyl (C=O) groups is 2. The second-order valence-electron chi connectivity index (χ2n) is 6.89. The number of carbonyl (C=O) groups excluding carboxylic acids is 2. The molecule has 154 valence electrons. The van der Waals surface area contributed by atoms with Gasteiger partial charge in [-0.2, -0.15) is 0 Å². The first-order chi connectivity index (χ1) is 13.7. The first-order valence-corrected chi connectivity index (χ1v) is 9.40. The summed E-state index contributed by atoms with van der Waals surface area (Å²) < 4.78 is 16.0. The van der Waals surface area contributed by atoms with Crippen LogP contribution >= 0.6 is 11.3 Å². The van der Waals surface area contributed by atoms with E-state index in [0.717, 1.165) is 10.3 Å². The van der Waals surface area contributed by atoms with Crippen LogP contribution in [0.4, 0.5) is 20.7 Å². The first kappa shape index (κ1) is 20.4. The van der Waals surface area contributed by atoms with Crippen LogP contribution in [0.2, 0.25) is 0 Å². The number of nitrogens with one attached hydrogen (secondary N) is 3. The average Bonchev–Trinajstić information content (AvgIpc) is 3.25. The smallest absolute Gasteiger partial charge is 0.414 e. The lowest BCUT2D eigenvalue weighted by Crippen LogP contribution is -2.27. The van der Waals surface area contributed by atoms with Gasteiger partial charge in [-0.25, -0.2) is 19.6 Å². The fourth-order valence-corrected chi connectivity index (χ4v) is 3.46. The van der Waals surface area contributed by atoms with Gasteiger partial charge in [0.25, 0.3) is 0 Å². The maximum atomic E-state index is 11.9. The van der Waals surface area contributed by atoms with Crippen molar-refractivity contribution in [2.45, 2.75) is 26.4 Å². The molecule has 11 heteroatoms. The van der Waals surface area contributed by atoms with E-state index in [0.29, 0.717) is 22.1 Å². The third kappa shape index (κ3) is 4.74. The summed E-state index contributed by atoms with van der Waals surface area (Å²) in [6.07, 6.45) is 0.426. The number of rotatable bonds is 4. The maximum Gasteiger partial charge on any atom is 0.414 e. The molecule has 0 aliphatic carbocycles. The number of thiazole rings is 1. The summed E-state index contributed by atoms with van der Waals surface area (Å²) in [4.78, 5) is 35.1. The molecular weight excluding hydrogens is 398 g/mol. The quantitative estimate of drug-likeness (QED) is 0.578. The van der Waals surface area contributed by atoms with E-state index in [4.69, 9.17) is 9.47 Å². The molecule has 0 radical (unpaired) electrons. The highest BCUT2D eigenvalue weighted by atomic mass is 32.1. The van der Waals surface area contributed by atoms with Gasteiger partial charge in [0.1, 0.15) is 16.9 Å². The van der Waals surface area contributed by atoms with Gasteiger partial charge in [-0.15, -0.1) is 0 Å². The third-order valence-electron chi connectivity index (χ3n) is 3.59. The number of methoxy groups -OCH3 is 2. The van der Waals surface area contributed by atoms with Crippen LogP contribution in [0.3, 0.4) is 0 Å². The lowest BCUT2D eigenvalue weighted by molar-refractivity contribution is 0.0634. The first-order valence-electron chi connectivity index (χ1n) is 8.58. The fraction of sp³-hybridized carbons (Fsp3) is 0.333. The minimum atomic E-state index is -0.618. The van der Waals surface area contributed by atoms with Gasteiger partial charge in [0, 0.05) is 11.8 Å². The van der Waals surface area contributed by atoms with E-state index in [1.165, 1.54) is 18.4 Å². The summed E-state index contributed by atoms with van der Waals surface area (Å²) in [6.45, 7) is 5.33. The van der Waals surface area contributed by atoms with Crippen LogP contribution < -0.4 is 15.4 Å². The van der Waals surface area contributed by atoms with E-state index in [9.17, 15) is 9.59 Å². The molecule has 0 bridgehead atoms. The van der Waals surface area contributed by atoms with Gasteiger partial charge in [-0.05, 0) is 32.9 Å².